The first-order valence-corrected chi connectivity index (χ1v) is 5.56. The van der Waals surface area contributed by atoms with Gasteiger partial charge in [0.05, 0.1) is 0 Å². The first-order valence-electron chi connectivity index (χ1n) is 5.56. The Morgan fingerprint density at radius 3 is 2.50 bits per heavy atom. The van der Waals surface area contributed by atoms with Gasteiger partial charge in [0.1, 0.15) is 5.60 Å². The highest BCUT2D eigenvalue weighted by molar-refractivity contribution is 5.73. The van der Waals surface area contributed by atoms with Crippen LogP contribution in [0.2, 0.25) is 0 Å². The summed E-state index contributed by atoms with van der Waals surface area (Å²) in [6.45, 7) is 3.89. The Hall–Kier alpha value is -1.57. The highest BCUT2D eigenvalue weighted by Gasteiger charge is 2.32. The molecule has 1 heterocycles. The topological polar surface area (TPSA) is 26.3 Å². The van der Waals surface area contributed by atoms with Gasteiger partial charge in [-0.3, -0.25) is 4.79 Å². The van der Waals surface area contributed by atoms with Crippen molar-refractivity contribution in [2.24, 2.45) is 0 Å². The second-order valence-electron chi connectivity index (χ2n) is 4.56. The van der Waals surface area contributed by atoms with Crippen LogP contribution in [0.5, 0.6) is 0 Å². The first-order chi connectivity index (χ1) is 7.58. The lowest BCUT2D eigenvalue weighted by atomic mass is 9.89. The van der Waals surface area contributed by atoms with Gasteiger partial charge in [-0.2, -0.15) is 0 Å². The van der Waals surface area contributed by atoms with Gasteiger partial charge in [-0.05, 0) is 31.4 Å². The van der Waals surface area contributed by atoms with Crippen molar-refractivity contribution in [3.05, 3.63) is 41.5 Å². The molecule has 0 saturated carbocycles. The third-order valence-electron chi connectivity index (χ3n) is 2.88. The number of cyclic esters (lactones) is 1. The average Bonchev–Trinajstić information content (AvgIpc) is 2.23. The second-order valence-corrected chi connectivity index (χ2v) is 4.56. The van der Waals surface area contributed by atoms with Crippen molar-refractivity contribution in [1.82, 2.24) is 0 Å². The lowest BCUT2D eigenvalue weighted by Crippen LogP contribution is -2.34. The van der Waals surface area contributed by atoms with E-state index in [4.69, 9.17) is 4.74 Å². The third-order valence-corrected chi connectivity index (χ3v) is 2.88. The normalized spacial score (nSPS) is 21.9. The summed E-state index contributed by atoms with van der Waals surface area (Å²) in [7, 11) is 0. The fourth-order valence-corrected chi connectivity index (χ4v) is 1.94. The van der Waals surface area contributed by atoms with Crippen molar-refractivity contribution in [1.29, 1.82) is 0 Å². The van der Waals surface area contributed by atoms with Gasteiger partial charge in [0.25, 0.3) is 0 Å². The zero-order valence-corrected chi connectivity index (χ0v) is 9.69. The molecule has 0 amide bonds. The van der Waals surface area contributed by atoms with Crippen LogP contribution >= 0.6 is 0 Å². The zero-order chi connectivity index (χ0) is 11.6. The maximum Gasteiger partial charge on any atom is 0.306 e. The van der Waals surface area contributed by atoms with E-state index in [0.717, 1.165) is 12.0 Å². The van der Waals surface area contributed by atoms with Crippen molar-refractivity contribution < 1.29 is 9.53 Å². The molecule has 0 aromatic heterocycles. The number of rotatable bonds is 1. The van der Waals surface area contributed by atoms with E-state index in [1.165, 1.54) is 5.57 Å². The van der Waals surface area contributed by atoms with Crippen LogP contribution in [0.25, 0.3) is 6.08 Å². The zero-order valence-electron chi connectivity index (χ0n) is 9.69. The Bertz CT molecular complexity index is 416. The smallest absolute Gasteiger partial charge is 0.306 e. The molecule has 1 aliphatic rings. The molecule has 1 aromatic rings. The fourth-order valence-electron chi connectivity index (χ4n) is 1.94. The molecule has 0 spiro atoms. The molecule has 0 N–H and O–H groups in total. The van der Waals surface area contributed by atoms with Crippen LogP contribution in [-0.2, 0) is 9.53 Å². The van der Waals surface area contributed by atoms with Crippen molar-refractivity contribution in [2.45, 2.75) is 32.3 Å². The molecule has 84 valence electrons. The van der Waals surface area contributed by atoms with Crippen LogP contribution in [0.4, 0.5) is 0 Å². The van der Waals surface area contributed by atoms with Crippen LogP contribution in [0.1, 0.15) is 32.3 Å². The van der Waals surface area contributed by atoms with E-state index in [0.29, 0.717) is 6.42 Å². The molecule has 2 nitrogen and oxygen atoms in total. The Labute approximate surface area is 95.9 Å². The highest BCUT2D eigenvalue weighted by Crippen LogP contribution is 2.31. The summed E-state index contributed by atoms with van der Waals surface area (Å²) in [5.74, 6) is -0.102. The molecule has 0 unspecified atom stereocenters. The van der Waals surface area contributed by atoms with Gasteiger partial charge < -0.3 is 4.74 Å². The van der Waals surface area contributed by atoms with Crippen molar-refractivity contribution in [3.63, 3.8) is 0 Å². The molecule has 2 heteroatoms. The van der Waals surface area contributed by atoms with E-state index in [9.17, 15) is 4.79 Å². The Balaban J connectivity index is 2.27. The number of ether oxygens (including phenoxy) is 1. The number of hydrogen-bond acceptors (Lipinski definition) is 2. The molecule has 0 atom stereocenters. The van der Waals surface area contributed by atoms with Crippen LogP contribution in [-0.4, -0.2) is 11.6 Å². The summed E-state index contributed by atoms with van der Waals surface area (Å²) >= 11 is 0. The van der Waals surface area contributed by atoms with Crippen molar-refractivity contribution >= 4 is 12.0 Å². The SMILES string of the molecule is CC1(C)OC(=O)CC/C1=C/c1ccccc1. The van der Waals surface area contributed by atoms with E-state index in [1.54, 1.807) is 0 Å². The number of esters is 1. The fraction of sp³-hybridized carbons (Fsp3) is 0.357. The summed E-state index contributed by atoms with van der Waals surface area (Å²) in [6, 6.07) is 10.1. The number of carbonyl (C=O) groups excluding carboxylic acids is 1. The maximum atomic E-state index is 11.2. The number of benzene rings is 1. The van der Waals surface area contributed by atoms with Gasteiger partial charge in [0, 0.05) is 6.42 Å². The summed E-state index contributed by atoms with van der Waals surface area (Å²) in [4.78, 5) is 11.2. The quantitative estimate of drug-likeness (QED) is 0.674. The molecule has 16 heavy (non-hydrogen) atoms. The average molecular weight is 216 g/mol. The van der Waals surface area contributed by atoms with Gasteiger partial charge in [-0.25, -0.2) is 0 Å². The van der Waals surface area contributed by atoms with E-state index >= 15 is 0 Å². The minimum absolute atomic E-state index is 0.102. The molecule has 1 fully saturated rings. The van der Waals surface area contributed by atoms with E-state index in [1.807, 2.05) is 32.0 Å². The third kappa shape index (κ3) is 2.32. The second kappa shape index (κ2) is 4.12. The predicted molar refractivity (Wildman–Crippen MR) is 63.8 cm³/mol. The van der Waals surface area contributed by atoms with E-state index in [2.05, 4.69) is 18.2 Å². The van der Waals surface area contributed by atoms with Gasteiger partial charge in [0.15, 0.2) is 0 Å². The molecule has 1 aromatic carbocycles. The molecular formula is C14H16O2. The lowest BCUT2D eigenvalue weighted by molar-refractivity contribution is -0.156. The molecule has 1 aliphatic heterocycles. The molecular weight excluding hydrogens is 200 g/mol. The number of carbonyl (C=O) groups is 1. The lowest BCUT2D eigenvalue weighted by Gasteiger charge is -2.32. The first kappa shape index (κ1) is 10.9. The van der Waals surface area contributed by atoms with Crippen LogP contribution < -0.4 is 0 Å². The summed E-state index contributed by atoms with van der Waals surface area (Å²) in [5.41, 5.74) is 1.87. The van der Waals surface area contributed by atoms with Crippen LogP contribution in [0, 0.1) is 0 Å². The molecule has 0 aliphatic carbocycles. The molecule has 2 rings (SSSR count). The largest absolute Gasteiger partial charge is 0.455 e. The Kier molecular flexibility index (Phi) is 2.82. The monoisotopic (exact) mass is 216 g/mol. The van der Waals surface area contributed by atoms with Crippen molar-refractivity contribution in [3.8, 4) is 0 Å². The predicted octanol–water partition coefficient (Wildman–Crippen LogP) is 3.19. The minimum Gasteiger partial charge on any atom is -0.455 e. The summed E-state index contributed by atoms with van der Waals surface area (Å²) in [6.07, 6.45) is 3.40. The molecule has 0 bridgehead atoms. The van der Waals surface area contributed by atoms with Gasteiger partial charge in [0.2, 0.25) is 0 Å². The molecule has 0 radical (unpaired) electrons. The Morgan fingerprint density at radius 1 is 1.19 bits per heavy atom. The summed E-state index contributed by atoms with van der Waals surface area (Å²) < 4.78 is 5.35. The minimum atomic E-state index is -0.467. The standard InChI is InChI=1S/C14H16O2/c1-14(2)12(8-9-13(15)16-14)10-11-6-4-3-5-7-11/h3-7,10H,8-9H2,1-2H3/b12-10-. The van der Waals surface area contributed by atoms with E-state index < -0.39 is 5.60 Å². The Morgan fingerprint density at radius 2 is 1.88 bits per heavy atom. The maximum absolute atomic E-state index is 11.2. The molecule has 1 saturated heterocycles. The van der Waals surface area contributed by atoms with Gasteiger partial charge >= 0.3 is 5.97 Å². The van der Waals surface area contributed by atoms with Crippen molar-refractivity contribution in [2.75, 3.05) is 0 Å². The van der Waals surface area contributed by atoms with Gasteiger partial charge in [-0.15, -0.1) is 0 Å². The van der Waals surface area contributed by atoms with E-state index in [-0.39, 0.29) is 5.97 Å². The van der Waals surface area contributed by atoms with Crippen LogP contribution in [0.15, 0.2) is 35.9 Å². The van der Waals surface area contributed by atoms with Gasteiger partial charge in [-0.1, -0.05) is 36.4 Å². The van der Waals surface area contributed by atoms with Crippen LogP contribution in [0.3, 0.4) is 0 Å². The highest BCUT2D eigenvalue weighted by atomic mass is 16.6. The summed E-state index contributed by atoms with van der Waals surface area (Å²) in [5, 5.41) is 0. The number of hydrogen-bond donors (Lipinski definition) is 0.